The van der Waals surface area contributed by atoms with Crippen LogP contribution >= 0.6 is 0 Å². The van der Waals surface area contributed by atoms with Crippen molar-refractivity contribution in [1.29, 1.82) is 0 Å². The SMILES string of the molecule is CCC(C)(N)C(=O)N(C)CCOc1ccc(C)cc1. The van der Waals surface area contributed by atoms with Crippen LogP contribution in [0.3, 0.4) is 0 Å². The third-order valence-electron chi connectivity index (χ3n) is 3.29. The fourth-order valence-corrected chi connectivity index (χ4v) is 1.62. The van der Waals surface area contributed by atoms with Crippen molar-refractivity contribution in [2.45, 2.75) is 32.7 Å². The van der Waals surface area contributed by atoms with Crippen LogP contribution in [0.5, 0.6) is 5.75 Å². The van der Waals surface area contributed by atoms with Crippen LogP contribution in [-0.2, 0) is 4.79 Å². The van der Waals surface area contributed by atoms with Gasteiger partial charge in [-0.05, 0) is 32.4 Å². The van der Waals surface area contributed by atoms with E-state index in [-0.39, 0.29) is 5.91 Å². The zero-order valence-electron chi connectivity index (χ0n) is 12.3. The lowest BCUT2D eigenvalue weighted by molar-refractivity contribution is -0.135. The Kier molecular flexibility index (Phi) is 5.36. The molecule has 19 heavy (non-hydrogen) atoms. The number of aryl methyl sites for hydroxylation is 1. The van der Waals surface area contributed by atoms with Crippen LogP contribution in [0.4, 0.5) is 0 Å². The smallest absolute Gasteiger partial charge is 0.242 e. The van der Waals surface area contributed by atoms with E-state index in [1.54, 1.807) is 18.9 Å². The topological polar surface area (TPSA) is 55.6 Å². The van der Waals surface area contributed by atoms with E-state index in [0.717, 1.165) is 5.75 Å². The summed E-state index contributed by atoms with van der Waals surface area (Å²) in [5, 5.41) is 0. The molecule has 1 amide bonds. The van der Waals surface area contributed by atoms with Crippen LogP contribution < -0.4 is 10.5 Å². The molecule has 4 heteroatoms. The monoisotopic (exact) mass is 264 g/mol. The maximum atomic E-state index is 12.0. The zero-order valence-corrected chi connectivity index (χ0v) is 12.3. The average molecular weight is 264 g/mol. The molecule has 0 aliphatic carbocycles. The van der Waals surface area contributed by atoms with E-state index in [2.05, 4.69) is 0 Å². The van der Waals surface area contributed by atoms with Gasteiger partial charge in [0.05, 0.1) is 12.1 Å². The summed E-state index contributed by atoms with van der Waals surface area (Å²) in [4.78, 5) is 13.7. The van der Waals surface area contributed by atoms with Gasteiger partial charge >= 0.3 is 0 Å². The molecular formula is C15H24N2O2. The first kappa shape index (κ1) is 15.5. The predicted molar refractivity (Wildman–Crippen MR) is 77.2 cm³/mol. The summed E-state index contributed by atoms with van der Waals surface area (Å²) >= 11 is 0. The molecule has 0 aliphatic rings. The molecule has 0 saturated carbocycles. The van der Waals surface area contributed by atoms with Crippen molar-refractivity contribution in [2.75, 3.05) is 20.2 Å². The lowest BCUT2D eigenvalue weighted by atomic mass is 9.99. The Bertz CT molecular complexity index is 413. The second-order valence-electron chi connectivity index (χ2n) is 5.16. The van der Waals surface area contributed by atoms with Crippen molar-refractivity contribution in [1.82, 2.24) is 4.90 Å². The Morgan fingerprint density at radius 3 is 2.47 bits per heavy atom. The van der Waals surface area contributed by atoms with E-state index in [4.69, 9.17) is 10.5 Å². The van der Waals surface area contributed by atoms with Gasteiger partial charge in [0.2, 0.25) is 5.91 Å². The predicted octanol–water partition coefficient (Wildman–Crippen LogP) is 1.96. The Balaban J connectivity index is 2.40. The number of ether oxygens (including phenoxy) is 1. The summed E-state index contributed by atoms with van der Waals surface area (Å²) in [5.41, 5.74) is 6.33. The van der Waals surface area contributed by atoms with Crippen molar-refractivity contribution >= 4 is 5.91 Å². The Labute approximate surface area is 115 Å². The first-order valence-corrected chi connectivity index (χ1v) is 6.60. The first-order valence-electron chi connectivity index (χ1n) is 6.60. The minimum absolute atomic E-state index is 0.0532. The van der Waals surface area contributed by atoms with Crippen molar-refractivity contribution in [3.63, 3.8) is 0 Å². The minimum Gasteiger partial charge on any atom is -0.492 e. The molecule has 4 nitrogen and oxygen atoms in total. The summed E-state index contributed by atoms with van der Waals surface area (Å²) in [7, 11) is 1.75. The molecule has 1 aromatic rings. The summed E-state index contributed by atoms with van der Waals surface area (Å²) in [6, 6.07) is 7.85. The van der Waals surface area contributed by atoms with Crippen LogP contribution in [0, 0.1) is 6.92 Å². The van der Waals surface area contributed by atoms with Crippen molar-refractivity contribution in [3.8, 4) is 5.75 Å². The molecule has 0 bridgehead atoms. The number of amides is 1. The molecule has 0 saturated heterocycles. The number of rotatable bonds is 6. The molecule has 1 atom stereocenters. The number of likely N-dealkylation sites (N-methyl/N-ethyl adjacent to an activating group) is 1. The molecule has 0 aromatic heterocycles. The normalized spacial score (nSPS) is 13.7. The fraction of sp³-hybridized carbons (Fsp3) is 0.533. The number of hydrogen-bond donors (Lipinski definition) is 1. The third-order valence-corrected chi connectivity index (χ3v) is 3.29. The third kappa shape index (κ3) is 4.56. The number of nitrogens with zero attached hydrogens (tertiary/aromatic N) is 1. The van der Waals surface area contributed by atoms with Gasteiger partial charge in [0.1, 0.15) is 12.4 Å². The van der Waals surface area contributed by atoms with Crippen molar-refractivity contribution < 1.29 is 9.53 Å². The number of carbonyl (C=O) groups is 1. The molecule has 2 N–H and O–H groups in total. The highest BCUT2D eigenvalue weighted by Crippen LogP contribution is 2.12. The fourth-order valence-electron chi connectivity index (χ4n) is 1.62. The molecule has 0 radical (unpaired) electrons. The van der Waals surface area contributed by atoms with Gasteiger partial charge in [-0.3, -0.25) is 4.79 Å². The van der Waals surface area contributed by atoms with Crippen LogP contribution in [0.15, 0.2) is 24.3 Å². The van der Waals surface area contributed by atoms with E-state index in [9.17, 15) is 4.79 Å². The minimum atomic E-state index is -0.793. The highest BCUT2D eigenvalue weighted by Gasteiger charge is 2.28. The Morgan fingerprint density at radius 2 is 1.95 bits per heavy atom. The zero-order chi connectivity index (χ0) is 14.5. The van der Waals surface area contributed by atoms with Crippen LogP contribution in [0.25, 0.3) is 0 Å². The van der Waals surface area contributed by atoms with E-state index in [1.807, 2.05) is 38.1 Å². The number of hydrogen-bond acceptors (Lipinski definition) is 3. The summed E-state index contributed by atoms with van der Waals surface area (Å²) in [6.07, 6.45) is 0.620. The van der Waals surface area contributed by atoms with Gasteiger partial charge in [0.25, 0.3) is 0 Å². The number of benzene rings is 1. The van der Waals surface area contributed by atoms with E-state index in [0.29, 0.717) is 19.6 Å². The lowest BCUT2D eigenvalue weighted by Crippen LogP contribution is -2.52. The number of carbonyl (C=O) groups excluding carboxylic acids is 1. The van der Waals surface area contributed by atoms with Crippen LogP contribution in [-0.4, -0.2) is 36.5 Å². The Hall–Kier alpha value is -1.55. The maximum absolute atomic E-state index is 12.0. The van der Waals surface area contributed by atoms with Gasteiger partial charge in [0.15, 0.2) is 0 Å². The second kappa shape index (κ2) is 6.57. The Morgan fingerprint density at radius 1 is 1.37 bits per heavy atom. The standard InChI is InChI=1S/C15H24N2O2/c1-5-15(3,16)14(18)17(4)10-11-19-13-8-6-12(2)7-9-13/h6-9H,5,10-11,16H2,1-4H3. The van der Waals surface area contributed by atoms with E-state index in [1.165, 1.54) is 5.56 Å². The van der Waals surface area contributed by atoms with Crippen molar-refractivity contribution in [2.24, 2.45) is 5.73 Å². The molecule has 1 rings (SSSR count). The highest BCUT2D eigenvalue weighted by atomic mass is 16.5. The average Bonchev–Trinajstić information content (AvgIpc) is 2.40. The highest BCUT2D eigenvalue weighted by molar-refractivity contribution is 5.85. The molecule has 1 unspecified atom stereocenters. The second-order valence-corrected chi connectivity index (χ2v) is 5.16. The van der Waals surface area contributed by atoms with E-state index >= 15 is 0 Å². The van der Waals surface area contributed by atoms with Crippen LogP contribution in [0.1, 0.15) is 25.8 Å². The first-order chi connectivity index (χ1) is 8.86. The summed E-state index contributed by atoms with van der Waals surface area (Å²) < 4.78 is 5.59. The molecule has 0 spiro atoms. The summed E-state index contributed by atoms with van der Waals surface area (Å²) in [5.74, 6) is 0.764. The largest absolute Gasteiger partial charge is 0.492 e. The van der Waals surface area contributed by atoms with Crippen molar-refractivity contribution in [3.05, 3.63) is 29.8 Å². The molecule has 0 heterocycles. The quantitative estimate of drug-likeness (QED) is 0.854. The lowest BCUT2D eigenvalue weighted by Gasteiger charge is -2.28. The van der Waals surface area contributed by atoms with E-state index < -0.39 is 5.54 Å². The van der Waals surface area contributed by atoms with Gasteiger partial charge in [0, 0.05) is 7.05 Å². The van der Waals surface area contributed by atoms with Gasteiger partial charge in [-0.25, -0.2) is 0 Å². The van der Waals surface area contributed by atoms with Crippen LogP contribution in [0.2, 0.25) is 0 Å². The summed E-state index contributed by atoms with van der Waals surface area (Å²) in [6.45, 7) is 6.69. The van der Waals surface area contributed by atoms with Gasteiger partial charge in [-0.2, -0.15) is 0 Å². The number of nitrogens with two attached hydrogens (primary N) is 1. The maximum Gasteiger partial charge on any atom is 0.242 e. The molecule has 106 valence electrons. The molecule has 1 aromatic carbocycles. The molecule has 0 aliphatic heterocycles. The molecule has 0 fully saturated rings. The van der Waals surface area contributed by atoms with Gasteiger partial charge in [-0.15, -0.1) is 0 Å². The molecular weight excluding hydrogens is 240 g/mol. The van der Waals surface area contributed by atoms with Gasteiger partial charge < -0.3 is 15.4 Å². The van der Waals surface area contributed by atoms with Gasteiger partial charge in [-0.1, -0.05) is 24.6 Å².